The Balaban J connectivity index is 2.46. The highest BCUT2D eigenvalue weighted by Gasteiger charge is 2.36. The van der Waals surface area contributed by atoms with Gasteiger partial charge in [-0.25, -0.2) is 0 Å². The van der Waals surface area contributed by atoms with Crippen molar-refractivity contribution < 1.29 is 24.2 Å². The summed E-state index contributed by atoms with van der Waals surface area (Å²) in [5.41, 5.74) is 0. The molecule has 110 valence electrons. The Morgan fingerprint density at radius 2 is 2.16 bits per heavy atom. The second-order valence-corrected chi connectivity index (χ2v) is 4.80. The van der Waals surface area contributed by atoms with Crippen molar-refractivity contribution in [2.24, 2.45) is 0 Å². The second kappa shape index (κ2) is 8.12. The Morgan fingerprint density at radius 3 is 2.74 bits per heavy atom. The third-order valence-corrected chi connectivity index (χ3v) is 3.31. The average Bonchev–Trinajstić information content (AvgIpc) is 2.76. The van der Waals surface area contributed by atoms with Crippen molar-refractivity contribution >= 4 is 11.9 Å². The topological polar surface area (TPSA) is 76.1 Å². The van der Waals surface area contributed by atoms with E-state index in [9.17, 15) is 9.59 Å². The van der Waals surface area contributed by atoms with E-state index in [1.165, 1.54) is 0 Å². The number of carbonyl (C=O) groups is 2. The molecule has 1 fully saturated rings. The van der Waals surface area contributed by atoms with Crippen LogP contribution in [0.5, 0.6) is 0 Å². The van der Waals surface area contributed by atoms with Crippen LogP contribution in [0.1, 0.15) is 32.6 Å². The number of nitrogens with zero attached hydrogens (tertiary/aromatic N) is 1. The lowest BCUT2D eigenvalue weighted by Crippen LogP contribution is -2.39. The van der Waals surface area contributed by atoms with E-state index in [1.54, 1.807) is 12.0 Å². The molecule has 2 atom stereocenters. The minimum atomic E-state index is -0.897. The van der Waals surface area contributed by atoms with Gasteiger partial charge in [-0.15, -0.1) is 0 Å². The molecule has 0 aromatic carbocycles. The van der Waals surface area contributed by atoms with Gasteiger partial charge in [-0.2, -0.15) is 0 Å². The number of methoxy groups -OCH3 is 1. The Bertz CT molecular complexity index is 307. The zero-order valence-electron chi connectivity index (χ0n) is 11.6. The van der Waals surface area contributed by atoms with E-state index >= 15 is 0 Å². The standard InChI is InChI=1S/C13H23NO5/c1-3-4-5-19-9-12(15)14-8-11(18-2)6-10(14)7-13(16)17/h10-11H,3-9H2,1-2H3,(H,16,17). The number of aliphatic carboxylic acids is 1. The Labute approximate surface area is 113 Å². The fraction of sp³-hybridized carbons (Fsp3) is 0.846. The maximum atomic E-state index is 12.0. The third-order valence-electron chi connectivity index (χ3n) is 3.31. The van der Waals surface area contributed by atoms with Crippen LogP contribution in [0.25, 0.3) is 0 Å². The van der Waals surface area contributed by atoms with Crippen LogP contribution in [-0.4, -0.2) is 60.9 Å². The van der Waals surface area contributed by atoms with Crippen LogP contribution in [0, 0.1) is 0 Å². The molecule has 1 saturated heterocycles. The molecule has 0 radical (unpaired) electrons. The smallest absolute Gasteiger partial charge is 0.305 e. The summed E-state index contributed by atoms with van der Waals surface area (Å²) in [5.74, 6) is -1.05. The van der Waals surface area contributed by atoms with E-state index in [1.807, 2.05) is 0 Å². The summed E-state index contributed by atoms with van der Waals surface area (Å²) >= 11 is 0. The number of ether oxygens (including phenoxy) is 2. The SMILES string of the molecule is CCCCOCC(=O)N1CC(OC)CC1CC(=O)O. The quantitative estimate of drug-likeness (QED) is 0.665. The molecule has 1 aliphatic heterocycles. The van der Waals surface area contributed by atoms with Crippen LogP contribution in [0.15, 0.2) is 0 Å². The third kappa shape index (κ3) is 5.16. The molecule has 6 heteroatoms. The molecule has 6 nitrogen and oxygen atoms in total. The number of amides is 1. The van der Waals surface area contributed by atoms with Crippen LogP contribution in [0.2, 0.25) is 0 Å². The number of hydrogen-bond acceptors (Lipinski definition) is 4. The molecule has 1 heterocycles. The molecule has 1 N–H and O–H groups in total. The first kappa shape index (κ1) is 15.9. The van der Waals surface area contributed by atoms with Crippen molar-refractivity contribution in [2.75, 3.05) is 26.9 Å². The molecular formula is C13H23NO5. The first-order chi connectivity index (χ1) is 9.08. The molecule has 0 aliphatic carbocycles. The number of rotatable bonds is 8. The molecule has 1 amide bonds. The first-order valence-corrected chi connectivity index (χ1v) is 6.70. The number of carboxylic acid groups (broad SMARTS) is 1. The summed E-state index contributed by atoms with van der Waals surface area (Å²) in [7, 11) is 1.58. The van der Waals surface area contributed by atoms with Crippen molar-refractivity contribution in [3.8, 4) is 0 Å². The molecule has 1 aliphatic rings. The summed E-state index contributed by atoms with van der Waals surface area (Å²) in [4.78, 5) is 24.4. The summed E-state index contributed by atoms with van der Waals surface area (Å²) < 4.78 is 10.5. The van der Waals surface area contributed by atoms with Crippen LogP contribution in [-0.2, 0) is 19.1 Å². The number of carboxylic acids is 1. The Kier molecular flexibility index (Phi) is 6.80. The summed E-state index contributed by atoms with van der Waals surface area (Å²) in [6.07, 6.45) is 2.39. The molecule has 1 rings (SSSR count). The zero-order chi connectivity index (χ0) is 14.3. The molecule has 19 heavy (non-hydrogen) atoms. The maximum Gasteiger partial charge on any atom is 0.305 e. The number of unbranched alkanes of at least 4 members (excludes halogenated alkanes) is 1. The van der Waals surface area contributed by atoms with Gasteiger partial charge in [-0.05, 0) is 12.8 Å². The molecule has 0 spiro atoms. The van der Waals surface area contributed by atoms with Crippen molar-refractivity contribution in [1.29, 1.82) is 0 Å². The summed E-state index contributed by atoms with van der Waals surface area (Å²) in [6, 6.07) is -0.287. The highest BCUT2D eigenvalue weighted by Crippen LogP contribution is 2.22. The van der Waals surface area contributed by atoms with Gasteiger partial charge in [0, 0.05) is 26.3 Å². The average molecular weight is 273 g/mol. The fourth-order valence-electron chi connectivity index (χ4n) is 2.23. The van der Waals surface area contributed by atoms with E-state index in [2.05, 4.69) is 6.92 Å². The number of likely N-dealkylation sites (tertiary alicyclic amines) is 1. The van der Waals surface area contributed by atoms with Crippen LogP contribution < -0.4 is 0 Å². The van der Waals surface area contributed by atoms with Crippen molar-refractivity contribution in [1.82, 2.24) is 4.90 Å². The Hall–Kier alpha value is -1.14. The fourth-order valence-corrected chi connectivity index (χ4v) is 2.23. The maximum absolute atomic E-state index is 12.0. The van der Waals surface area contributed by atoms with Crippen molar-refractivity contribution in [2.45, 2.75) is 44.8 Å². The molecule has 0 aromatic heterocycles. The lowest BCUT2D eigenvalue weighted by Gasteiger charge is -2.23. The van der Waals surface area contributed by atoms with Crippen molar-refractivity contribution in [3.63, 3.8) is 0 Å². The Morgan fingerprint density at radius 1 is 1.42 bits per heavy atom. The minimum absolute atomic E-state index is 0.0204. The highest BCUT2D eigenvalue weighted by atomic mass is 16.5. The minimum Gasteiger partial charge on any atom is -0.481 e. The number of carbonyl (C=O) groups excluding carboxylic acids is 1. The van der Waals surface area contributed by atoms with Gasteiger partial charge in [-0.1, -0.05) is 13.3 Å². The number of hydrogen-bond donors (Lipinski definition) is 1. The van der Waals surface area contributed by atoms with Gasteiger partial charge < -0.3 is 19.5 Å². The van der Waals surface area contributed by atoms with E-state index in [0.29, 0.717) is 19.6 Å². The summed E-state index contributed by atoms with van der Waals surface area (Å²) in [5, 5.41) is 8.87. The van der Waals surface area contributed by atoms with Gasteiger partial charge in [0.05, 0.1) is 12.5 Å². The van der Waals surface area contributed by atoms with Crippen LogP contribution >= 0.6 is 0 Å². The molecule has 0 saturated carbocycles. The summed E-state index contributed by atoms with van der Waals surface area (Å²) in [6.45, 7) is 3.09. The van der Waals surface area contributed by atoms with Crippen LogP contribution in [0.4, 0.5) is 0 Å². The van der Waals surface area contributed by atoms with Gasteiger partial charge >= 0.3 is 5.97 Å². The van der Waals surface area contributed by atoms with Gasteiger partial charge in [0.2, 0.25) is 5.91 Å². The normalized spacial score (nSPS) is 22.7. The lowest BCUT2D eigenvalue weighted by molar-refractivity contribution is -0.141. The first-order valence-electron chi connectivity index (χ1n) is 6.70. The zero-order valence-corrected chi connectivity index (χ0v) is 11.6. The van der Waals surface area contributed by atoms with E-state index < -0.39 is 5.97 Å². The predicted octanol–water partition coefficient (Wildman–Crippen LogP) is 0.894. The predicted molar refractivity (Wildman–Crippen MR) is 68.9 cm³/mol. The molecule has 0 aromatic rings. The lowest BCUT2D eigenvalue weighted by atomic mass is 10.1. The molecule has 0 bridgehead atoms. The van der Waals surface area contributed by atoms with E-state index in [0.717, 1.165) is 12.8 Å². The van der Waals surface area contributed by atoms with E-state index in [-0.39, 0.29) is 31.1 Å². The highest BCUT2D eigenvalue weighted by molar-refractivity contribution is 5.79. The van der Waals surface area contributed by atoms with Gasteiger partial charge in [0.25, 0.3) is 0 Å². The monoisotopic (exact) mass is 273 g/mol. The second-order valence-electron chi connectivity index (χ2n) is 4.80. The van der Waals surface area contributed by atoms with Crippen LogP contribution in [0.3, 0.4) is 0 Å². The molecule has 2 unspecified atom stereocenters. The molecular weight excluding hydrogens is 250 g/mol. The van der Waals surface area contributed by atoms with Crippen molar-refractivity contribution in [3.05, 3.63) is 0 Å². The van der Waals surface area contributed by atoms with Gasteiger partial charge in [0.15, 0.2) is 0 Å². The largest absolute Gasteiger partial charge is 0.481 e. The van der Waals surface area contributed by atoms with Gasteiger partial charge in [0.1, 0.15) is 6.61 Å². The van der Waals surface area contributed by atoms with E-state index in [4.69, 9.17) is 14.6 Å². The van der Waals surface area contributed by atoms with Gasteiger partial charge in [-0.3, -0.25) is 9.59 Å².